The lowest BCUT2D eigenvalue weighted by Gasteiger charge is -2.23. The molecule has 1 fully saturated rings. The minimum atomic E-state index is -0.0458. The number of nitrogens with zero attached hydrogens (tertiary/aromatic N) is 1. The van der Waals surface area contributed by atoms with Gasteiger partial charge in [0.05, 0.1) is 6.04 Å². The van der Waals surface area contributed by atoms with E-state index in [1.807, 2.05) is 20.9 Å². The minimum Gasteiger partial charge on any atom is -0.345 e. The molecule has 2 atom stereocenters. The van der Waals surface area contributed by atoms with Gasteiger partial charge in [-0.2, -0.15) is 0 Å². The van der Waals surface area contributed by atoms with Gasteiger partial charge >= 0.3 is 0 Å². The third-order valence-corrected chi connectivity index (χ3v) is 3.06. The van der Waals surface area contributed by atoms with Gasteiger partial charge in [0.2, 0.25) is 5.91 Å². The van der Waals surface area contributed by atoms with Crippen molar-refractivity contribution in [2.45, 2.75) is 45.7 Å². The fourth-order valence-electron chi connectivity index (χ4n) is 1.68. The molecule has 1 rings (SSSR count). The maximum atomic E-state index is 11.7. The van der Waals surface area contributed by atoms with Crippen LogP contribution in [0.1, 0.15) is 33.6 Å². The third kappa shape index (κ3) is 2.98. The normalized spacial score (nSPS) is 20.3. The molecule has 0 bridgehead atoms. The Bertz CT molecular complexity index is 201. The molecule has 0 radical (unpaired) electrons. The van der Waals surface area contributed by atoms with Crippen molar-refractivity contribution < 1.29 is 4.79 Å². The average Bonchev–Trinajstić information content (AvgIpc) is 2.98. The molecule has 0 spiro atoms. The molecule has 1 saturated carbocycles. The summed E-state index contributed by atoms with van der Waals surface area (Å²) in [6.45, 7) is 6.90. The van der Waals surface area contributed by atoms with Crippen LogP contribution in [0.5, 0.6) is 0 Å². The third-order valence-electron chi connectivity index (χ3n) is 3.06. The van der Waals surface area contributed by atoms with Gasteiger partial charge in [-0.15, -0.1) is 0 Å². The zero-order chi connectivity index (χ0) is 10.7. The van der Waals surface area contributed by atoms with Gasteiger partial charge < -0.3 is 10.2 Å². The van der Waals surface area contributed by atoms with Crippen LogP contribution in [0, 0.1) is 5.92 Å². The maximum absolute atomic E-state index is 11.7. The Morgan fingerprint density at radius 2 is 2.07 bits per heavy atom. The van der Waals surface area contributed by atoms with Crippen LogP contribution in [0.15, 0.2) is 0 Å². The highest BCUT2D eigenvalue weighted by Crippen LogP contribution is 2.32. The fourth-order valence-corrected chi connectivity index (χ4v) is 1.68. The van der Waals surface area contributed by atoms with E-state index in [9.17, 15) is 4.79 Å². The summed E-state index contributed by atoms with van der Waals surface area (Å²) in [5.74, 6) is 0.997. The number of carbonyl (C=O) groups excluding carboxylic acids is 1. The zero-order valence-electron chi connectivity index (χ0n) is 9.71. The molecule has 1 aliphatic rings. The average molecular weight is 198 g/mol. The summed E-state index contributed by atoms with van der Waals surface area (Å²) in [5, 5.41) is 3.37. The Hall–Kier alpha value is -0.570. The van der Waals surface area contributed by atoms with Crippen molar-refractivity contribution in [1.29, 1.82) is 0 Å². The van der Waals surface area contributed by atoms with Gasteiger partial charge in [-0.3, -0.25) is 4.79 Å². The summed E-state index contributed by atoms with van der Waals surface area (Å²) in [6, 6.07) is 0.440. The number of amides is 1. The van der Waals surface area contributed by atoms with Gasteiger partial charge in [-0.25, -0.2) is 0 Å². The Kier molecular flexibility index (Phi) is 3.93. The number of likely N-dealkylation sites (N-methyl/N-ethyl adjacent to an activating group) is 1. The molecule has 0 aliphatic heterocycles. The molecule has 3 nitrogen and oxygen atoms in total. The van der Waals surface area contributed by atoms with E-state index in [1.54, 1.807) is 4.90 Å². The van der Waals surface area contributed by atoms with Gasteiger partial charge in [0.25, 0.3) is 0 Å². The highest BCUT2D eigenvalue weighted by molar-refractivity contribution is 5.81. The predicted octanol–water partition coefficient (Wildman–Crippen LogP) is 1.24. The number of hydrogen-bond acceptors (Lipinski definition) is 2. The largest absolute Gasteiger partial charge is 0.345 e. The summed E-state index contributed by atoms with van der Waals surface area (Å²) in [6.07, 6.45) is 2.64. The second-order valence-corrected chi connectivity index (χ2v) is 4.37. The minimum absolute atomic E-state index is 0.0458. The van der Waals surface area contributed by atoms with Crippen molar-refractivity contribution in [3.63, 3.8) is 0 Å². The van der Waals surface area contributed by atoms with Crippen molar-refractivity contribution in [1.82, 2.24) is 10.2 Å². The molecule has 2 unspecified atom stereocenters. The SMILES string of the molecule is CCN(C)C(=O)C(C)NC(C)C1CC1. The van der Waals surface area contributed by atoms with E-state index < -0.39 is 0 Å². The van der Waals surface area contributed by atoms with Crippen LogP contribution in [0.3, 0.4) is 0 Å². The first-order valence-electron chi connectivity index (χ1n) is 5.57. The summed E-state index contributed by atoms with van der Waals surface area (Å²) in [5.41, 5.74) is 0. The van der Waals surface area contributed by atoms with Crippen molar-refractivity contribution in [3.8, 4) is 0 Å². The number of nitrogens with one attached hydrogen (secondary N) is 1. The summed E-state index contributed by atoms with van der Waals surface area (Å²) < 4.78 is 0. The monoisotopic (exact) mass is 198 g/mol. The van der Waals surface area contributed by atoms with Crippen LogP contribution in [-0.2, 0) is 4.79 Å². The lowest BCUT2D eigenvalue weighted by molar-refractivity contribution is -0.131. The summed E-state index contributed by atoms with van der Waals surface area (Å²) >= 11 is 0. The first kappa shape index (κ1) is 11.5. The standard InChI is InChI=1S/C11H22N2O/c1-5-13(4)11(14)9(3)12-8(2)10-6-7-10/h8-10,12H,5-7H2,1-4H3. The van der Waals surface area contributed by atoms with Crippen LogP contribution in [0.25, 0.3) is 0 Å². The van der Waals surface area contributed by atoms with Crippen LogP contribution < -0.4 is 5.32 Å². The van der Waals surface area contributed by atoms with Crippen molar-refractivity contribution in [3.05, 3.63) is 0 Å². The summed E-state index contributed by atoms with van der Waals surface area (Å²) in [4.78, 5) is 13.5. The number of carbonyl (C=O) groups is 1. The molecule has 0 saturated heterocycles. The van der Waals surface area contributed by atoms with Crippen LogP contribution >= 0.6 is 0 Å². The van der Waals surface area contributed by atoms with E-state index >= 15 is 0 Å². The van der Waals surface area contributed by atoms with E-state index in [4.69, 9.17) is 0 Å². The van der Waals surface area contributed by atoms with E-state index in [0.29, 0.717) is 6.04 Å². The zero-order valence-corrected chi connectivity index (χ0v) is 9.71. The first-order chi connectivity index (χ1) is 6.56. The quantitative estimate of drug-likeness (QED) is 0.721. The van der Waals surface area contributed by atoms with Crippen LogP contribution in [0.4, 0.5) is 0 Å². The van der Waals surface area contributed by atoms with Crippen molar-refractivity contribution in [2.24, 2.45) is 5.92 Å². The molecular formula is C11H22N2O. The molecule has 0 aromatic rings. The highest BCUT2D eigenvalue weighted by atomic mass is 16.2. The van der Waals surface area contributed by atoms with Gasteiger partial charge in [0.15, 0.2) is 0 Å². The first-order valence-corrected chi connectivity index (χ1v) is 5.57. The molecule has 3 heteroatoms. The van der Waals surface area contributed by atoms with E-state index in [2.05, 4.69) is 12.2 Å². The van der Waals surface area contributed by atoms with Gasteiger partial charge in [0, 0.05) is 19.6 Å². The molecule has 82 valence electrons. The van der Waals surface area contributed by atoms with Crippen molar-refractivity contribution in [2.75, 3.05) is 13.6 Å². The Balaban J connectivity index is 2.32. The van der Waals surface area contributed by atoms with Crippen LogP contribution in [0.2, 0.25) is 0 Å². The second kappa shape index (κ2) is 4.78. The topological polar surface area (TPSA) is 32.3 Å². The maximum Gasteiger partial charge on any atom is 0.239 e. The molecule has 14 heavy (non-hydrogen) atoms. The Morgan fingerprint density at radius 1 is 1.50 bits per heavy atom. The molecule has 1 aliphatic carbocycles. The molecular weight excluding hydrogens is 176 g/mol. The molecule has 0 aromatic carbocycles. The van der Waals surface area contributed by atoms with E-state index in [0.717, 1.165) is 12.5 Å². The Morgan fingerprint density at radius 3 is 2.50 bits per heavy atom. The molecule has 0 heterocycles. The van der Waals surface area contributed by atoms with E-state index in [1.165, 1.54) is 12.8 Å². The van der Waals surface area contributed by atoms with Crippen molar-refractivity contribution >= 4 is 5.91 Å². The predicted molar refractivity (Wildman–Crippen MR) is 58.1 cm³/mol. The molecule has 0 aromatic heterocycles. The second-order valence-electron chi connectivity index (χ2n) is 4.37. The number of rotatable bonds is 5. The summed E-state index contributed by atoms with van der Waals surface area (Å²) in [7, 11) is 1.85. The van der Waals surface area contributed by atoms with Gasteiger partial charge in [-0.05, 0) is 39.5 Å². The number of hydrogen-bond donors (Lipinski definition) is 1. The molecule has 1 amide bonds. The Labute approximate surface area is 86.9 Å². The van der Waals surface area contributed by atoms with E-state index in [-0.39, 0.29) is 11.9 Å². The molecule has 1 N–H and O–H groups in total. The lowest BCUT2D eigenvalue weighted by Crippen LogP contribution is -2.46. The smallest absolute Gasteiger partial charge is 0.239 e. The van der Waals surface area contributed by atoms with Crippen LogP contribution in [-0.4, -0.2) is 36.5 Å². The van der Waals surface area contributed by atoms with Gasteiger partial charge in [-0.1, -0.05) is 0 Å². The fraction of sp³-hybridized carbons (Fsp3) is 0.909. The lowest BCUT2D eigenvalue weighted by atomic mass is 10.2. The highest BCUT2D eigenvalue weighted by Gasteiger charge is 2.30. The van der Waals surface area contributed by atoms with Gasteiger partial charge in [0.1, 0.15) is 0 Å².